The Morgan fingerprint density at radius 1 is 1.11 bits per heavy atom. The first-order chi connectivity index (χ1) is 16.9. The van der Waals surface area contributed by atoms with E-state index in [1.165, 1.54) is 0 Å². The van der Waals surface area contributed by atoms with Crippen molar-refractivity contribution in [3.05, 3.63) is 88.4 Å². The maximum Gasteiger partial charge on any atom is 0.273 e. The van der Waals surface area contributed by atoms with Crippen LogP contribution in [-0.4, -0.2) is 42.2 Å². The van der Waals surface area contributed by atoms with Crippen molar-refractivity contribution in [2.24, 2.45) is 12.0 Å². The number of benzene rings is 2. The Balaban J connectivity index is 1.32. The Morgan fingerprint density at radius 3 is 2.57 bits per heavy atom. The van der Waals surface area contributed by atoms with E-state index >= 15 is 0 Å². The van der Waals surface area contributed by atoms with Gasteiger partial charge in [0, 0.05) is 41.6 Å². The second-order valence-electron chi connectivity index (χ2n) is 8.56. The van der Waals surface area contributed by atoms with Gasteiger partial charge in [-0.15, -0.1) is 0 Å². The number of H-pyrrole nitrogens is 2. The maximum absolute atomic E-state index is 12.5. The molecule has 1 amide bonds. The lowest BCUT2D eigenvalue weighted by molar-refractivity contribution is 0.101. The van der Waals surface area contributed by atoms with Crippen molar-refractivity contribution in [2.45, 2.75) is 20.3 Å². The van der Waals surface area contributed by atoms with E-state index in [9.17, 15) is 9.90 Å². The second kappa shape index (κ2) is 8.94. The number of carbonyl (C=O) groups excluding carboxylic acids is 1. The summed E-state index contributed by atoms with van der Waals surface area (Å²) < 4.78 is 1.57. The molecule has 9 nitrogen and oxygen atoms in total. The molecular weight excluding hydrogens is 442 g/mol. The zero-order chi connectivity index (χ0) is 24.5. The molecule has 176 valence electrons. The van der Waals surface area contributed by atoms with E-state index in [2.05, 4.69) is 30.6 Å². The highest BCUT2D eigenvalue weighted by atomic mass is 16.3. The Labute approximate surface area is 201 Å². The van der Waals surface area contributed by atoms with Crippen molar-refractivity contribution in [2.75, 3.05) is 5.32 Å². The summed E-state index contributed by atoms with van der Waals surface area (Å²) in [5, 5.41) is 25.4. The Bertz CT molecular complexity index is 1550. The van der Waals surface area contributed by atoms with Crippen LogP contribution in [0.25, 0.3) is 10.9 Å². The standard InChI is InChI=1S/C26H25N7O2/c1-15-11-24(31-30-15)27-14-21-20-13-18(6-9-22(20)29-25(21)34)12-17-4-7-19(8-5-17)28-26(35)23-10-16(2)32-33(23)3/h4-11,13-14,29,34H,12H2,1-3H3,(H,28,35)(H,30,31). The fourth-order valence-electron chi connectivity index (χ4n) is 4.05. The first-order valence-electron chi connectivity index (χ1n) is 11.2. The average molecular weight is 468 g/mol. The molecule has 3 heterocycles. The van der Waals surface area contributed by atoms with Gasteiger partial charge in [0.2, 0.25) is 0 Å². The monoisotopic (exact) mass is 467 g/mol. The van der Waals surface area contributed by atoms with Crippen LogP contribution < -0.4 is 5.32 Å². The number of rotatable bonds is 6. The van der Waals surface area contributed by atoms with Crippen LogP contribution >= 0.6 is 0 Å². The Morgan fingerprint density at radius 2 is 1.89 bits per heavy atom. The van der Waals surface area contributed by atoms with Crippen LogP contribution in [0.3, 0.4) is 0 Å². The van der Waals surface area contributed by atoms with Crippen LogP contribution in [0.1, 0.15) is 38.6 Å². The largest absolute Gasteiger partial charge is 0.494 e. The van der Waals surface area contributed by atoms with Gasteiger partial charge < -0.3 is 15.4 Å². The number of aromatic hydroxyl groups is 1. The average Bonchev–Trinajstić information content (AvgIpc) is 3.49. The van der Waals surface area contributed by atoms with Gasteiger partial charge in [-0.05, 0) is 61.7 Å². The number of hydrogen-bond donors (Lipinski definition) is 4. The van der Waals surface area contributed by atoms with Crippen molar-refractivity contribution < 1.29 is 9.90 Å². The summed E-state index contributed by atoms with van der Waals surface area (Å²) in [4.78, 5) is 19.9. The minimum atomic E-state index is -0.197. The number of fused-ring (bicyclic) bond motifs is 1. The van der Waals surface area contributed by atoms with Gasteiger partial charge in [0.05, 0.1) is 11.3 Å². The van der Waals surface area contributed by atoms with Gasteiger partial charge in [0.1, 0.15) is 5.69 Å². The molecule has 0 bridgehead atoms. The number of anilines is 1. The quantitative estimate of drug-likeness (QED) is 0.274. The van der Waals surface area contributed by atoms with Crippen molar-refractivity contribution >= 4 is 34.5 Å². The van der Waals surface area contributed by atoms with E-state index in [1.807, 2.05) is 62.4 Å². The smallest absolute Gasteiger partial charge is 0.273 e. The van der Waals surface area contributed by atoms with Crippen LogP contribution in [0, 0.1) is 13.8 Å². The minimum absolute atomic E-state index is 0.0665. The molecule has 9 heteroatoms. The van der Waals surface area contributed by atoms with Crippen LogP contribution in [0.2, 0.25) is 0 Å². The molecule has 0 spiro atoms. The number of aliphatic imine (C=N–C) groups is 1. The number of aromatic amines is 2. The van der Waals surface area contributed by atoms with Crippen LogP contribution in [0.15, 0.2) is 59.6 Å². The number of nitrogens with one attached hydrogen (secondary N) is 3. The molecular formula is C26H25N7O2. The molecule has 35 heavy (non-hydrogen) atoms. The van der Waals surface area contributed by atoms with Gasteiger partial charge in [-0.2, -0.15) is 10.2 Å². The number of nitrogens with zero attached hydrogens (tertiary/aromatic N) is 4. The van der Waals surface area contributed by atoms with Crippen molar-refractivity contribution in [3.8, 4) is 5.88 Å². The predicted molar refractivity (Wildman–Crippen MR) is 136 cm³/mol. The van der Waals surface area contributed by atoms with Crippen molar-refractivity contribution in [1.29, 1.82) is 0 Å². The first kappa shape index (κ1) is 22.1. The predicted octanol–water partition coefficient (Wildman–Crippen LogP) is 4.54. The van der Waals surface area contributed by atoms with Gasteiger partial charge in [0.15, 0.2) is 11.7 Å². The minimum Gasteiger partial charge on any atom is -0.494 e. The van der Waals surface area contributed by atoms with Gasteiger partial charge >= 0.3 is 0 Å². The highest BCUT2D eigenvalue weighted by molar-refractivity contribution is 6.03. The molecule has 4 N–H and O–H groups in total. The van der Waals surface area contributed by atoms with E-state index < -0.39 is 0 Å². The molecule has 0 aliphatic carbocycles. The van der Waals surface area contributed by atoms with E-state index in [-0.39, 0.29) is 11.8 Å². The number of aryl methyl sites for hydroxylation is 3. The van der Waals surface area contributed by atoms with E-state index in [1.54, 1.807) is 24.0 Å². The number of amides is 1. The van der Waals surface area contributed by atoms with Gasteiger partial charge in [-0.1, -0.05) is 18.2 Å². The topological polar surface area (TPSA) is 124 Å². The fraction of sp³-hybridized carbons (Fsp3) is 0.154. The molecule has 3 aromatic heterocycles. The molecule has 0 saturated carbocycles. The highest BCUT2D eigenvalue weighted by Crippen LogP contribution is 2.28. The third-order valence-corrected chi connectivity index (χ3v) is 5.76. The summed E-state index contributed by atoms with van der Waals surface area (Å²) in [6, 6.07) is 17.4. The third-order valence-electron chi connectivity index (χ3n) is 5.76. The summed E-state index contributed by atoms with van der Waals surface area (Å²) in [5.74, 6) is 0.424. The van der Waals surface area contributed by atoms with E-state index in [0.29, 0.717) is 23.5 Å². The third kappa shape index (κ3) is 4.70. The lowest BCUT2D eigenvalue weighted by atomic mass is 10.0. The molecule has 5 rings (SSSR count). The molecule has 0 radical (unpaired) electrons. The molecule has 0 aliphatic rings. The molecule has 5 aromatic rings. The lowest BCUT2D eigenvalue weighted by Gasteiger charge is -2.07. The van der Waals surface area contributed by atoms with E-state index in [4.69, 9.17) is 0 Å². The summed E-state index contributed by atoms with van der Waals surface area (Å²) in [7, 11) is 1.75. The zero-order valence-electron chi connectivity index (χ0n) is 19.6. The summed E-state index contributed by atoms with van der Waals surface area (Å²) in [6.07, 6.45) is 2.32. The highest BCUT2D eigenvalue weighted by Gasteiger charge is 2.13. The Kier molecular flexibility index (Phi) is 5.66. The fourth-order valence-corrected chi connectivity index (χ4v) is 4.05. The van der Waals surface area contributed by atoms with Crippen LogP contribution in [0.4, 0.5) is 11.5 Å². The van der Waals surface area contributed by atoms with Crippen LogP contribution in [0.5, 0.6) is 5.88 Å². The number of carbonyl (C=O) groups is 1. The Hall–Kier alpha value is -4.66. The lowest BCUT2D eigenvalue weighted by Crippen LogP contribution is -2.16. The normalized spacial score (nSPS) is 11.5. The summed E-state index contributed by atoms with van der Waals surface area (Å²) in [5.41, 5.74) is 6.57. The van der Waals surface area contributed by atoms with Gasteiger partial charge in [-0.25, -0.2) is 4.99 Å². The second-order valence-corrected chi connectivity index (χ2v) is 8.56. The molecule has 2 aromatic carbocycles. The number of aromatic nitrogens is 5. The van der Waals surface area contributed by atoms with Crippen molar-refractivity contribution in [3.63, 3.8) is 0 Å². The molecule has 0 atom stereocenters. The molecule has 0 fully saturated rings. The first-order valence-corrected chi connectivity index (χ1v) is 11.2. The number of hydrogen-bond acceptors (Lipinski definition) is 5. The summed E-state index contributed by atoms with van der Waals surface area (Å²) in [6.45, 7) is 3.76. The maximum atomic E-state index is 12.5. The molecule has 0 unspecified atom stereocenters. The summed E-state index contributed by atoms with van der Waals surface area (Å²) >= 11 is 0. The SMILES string of the molecule is Cc1cc(C(=O)Nc2ccc(Cc3ccc4[nH]c(O)c(C=Nc5cc(C)[nH]n5)c4c3)cc2)n(C)n1. The van der Waals surface area contributed by atoms with E-state index in [0.717, 1.165) is 39.1 Å². The van der Waals surface area contributed by atoms with Crippen LogP contribution in [-0.2, 0) is 13.5 Å². The molecule has 0 saturated heterocycles. The van der Waals surface area contributed by atoms with Gasteiger partial charge in [0.25, 0.3) is 5.91 Å². The zero-order valence-corrected chi connectivity index (χ0v) is 19.6. The van der Waals surface area contributed by atoms with Gasteiger partial charge in [-0.3, -0.25) is 14.6 Å². The van der Waals surface area contributed by atoms with Crippen molar-refractivity contribution in [1.82, 2.24) is 25.0 Å². The molecule has 0 aliphatic heterocycles.